The number of aryl methyl sites for hydroxylation is 1. The van der Waals surface area contributed by atoms with Crippen LogP contribution in [0.5, 0.6) is 0 Å². The van der Waals surface area contributed by atoms with Crippen molar-refractivity contribution in [1.29, 1.82) is 0 Å². The minimum Gasteiger partial charge on any atom is -0.354 e. The predicted octanol–water partition coefficient (Wildman–Crippen LogP) is 4.55. The number of nitrogens with zero attached hydrogens (tertiary/aromatic N) is 7. The third kappa shape index (κ3) is 5.04. The molecule has 5 aromatic rings. The zero-order valence-corrected chi connectivity index (χ0v) is 23.1. The second-order valence-corrected chi connectivity index (χ2v) is 10.2. The highest BCUT2D eigenvalue weighted by Crippen LogP contribution is 2.42. The summed E-state index contributed by atoms with van der Waals surface area (Å²) in [6.45, 7) is 7.94. The lowest BCUT2D eigenvalue weighted by Gasteiger charge is -2.35. The van der Waals surface area contributed by atoms with Gasteiger partial charge in [0.05, 0.1) is 16.7 Å². The highest BCUT2D eigenvalue weighted by atomic mass is 35.5. The number of H-pyrrole nitrogens is 1. The molecule has 1 saturated heterocycles. The Morgan fingerprint density at radius 1 is 1.15 bits per heavy atom. The Morgan fingerprint density at radius 3 is 2.68 bits per heavy atom. The summed E-state index contributed by atoms with van der Waals surface area (Å²) in [6, 6.07) is 7.30. The smallest absolute Gasteiger partial charge is 0.246 e. The molecule has 208 valence electrons. The van der Waals surface area contributed by atoms with Crippen LogP contribution in [0.15, 0.2) is 55.5 Å². The van der Waals surface area contributed by atoms with Gasteiger partial charge in [0, 0.05) is 73.4 Å². The molecule has 2 N–H and O–H groups in total. The Bertz CT molecular complexity index is 1770. The number of hydrogen-bond acceptors (Lipinski definition) is 8. The second-order valence-electron chi connectivity index (χ2n) is 9.76. The van der Waals surface area contributed by atoms with Crippen molar-refractivity contribution in [3.8, 4) is 11.1 Å². The number of amides is 1. The third-order valence-electron chi connectivity index (χ3n) is 7.26. The van der Waals surface area contributed by atoms with E-state index in [9.17, 15) is 4.79 Å². The first-order valence-corrected chi connectivity index (χ1v) is 13.6. The first-order chi connectivity index (χ1) is 19.9. The largest absolute Gasteiger partial charge is 0.354 e. The average Bonchev–Trinajstić information content (AvgIpc) is 3.47. The molecule has 0 spiro atoms. The first kappa shape index (κ1) is 26.6. The molecule has 1 aliphatic rings. The van der Waals surface area contributed by atoms with E-state index >= 15 is 4.39 Å². The molecular weight excluding hydrogens is 545 g/mol. The minimum atomic E-state index is -0.539. The molecule has 10 nitrogen and oxygen atoms in total. The van der Waals surface area contributed by atoms with Crippen LogP contribution in [0.4, 0.5) is 16.2 Å². The fraction of sp³-hybridized carbons (Fsp3) is 0.241. The van der Waals surface area contributed by atoms with Crippen molar-refractivity contribution < 1.29 is 9.18 Å². The number of anilines is 2. The van der Waals surface area contributed by atoms with E-state index in [1.54, 1.807) is 35.6 Å². The number of nitrogens with one attached hydrogen (secondary N) is 2. The molecule has 3 aromatic heterocycles. The maximum absolute atomic E-state index is 16.6. The Morgan fingerprint density at radius 2 is 1.93 bits per heavy atom. The van der Waals surface area contributed by atoms with Crippen LogP contribution in [0.2, 0.25) is 5.02 Å². The molecular formula is C29H27ClFN9O. The van der Waals surface area contributed by atoms with Crippen LogP contribution in [0.3, 0.4) is 0 Å². The van der Waals surface area contributed by atoms with Gasteiger partial charge in [-0.05, 0) is 36.8 Å². The summed E-state index contributed by atoms with van der Waals surface area (Å²) in [6.07, 6.45) is 6.90. The van der Waals surface area contributed by atoms with E-state index in [0.29, 0.717) is 61.7 Å². The molecule has 1 amide bonds. The molecule has 6 rings (SSSR count). The van der Waals surface area contributed by atoms with E-state index in [1.165, 1.54) is 6.08 Å². The van der Waals surface area contributed by atoms with Crippen molar-refractivity contribution in [2.75, 3.05) is 42.9 Å². The van der Waals surface area contributed by atoms with E-state index < -0.39 is 5.82 Å². The van der Waals surface area contributed by atoms with E-state index in [4.69, 9.17) is 16.6 Å². The number of halogens is 2. The Kier molecular flexibility index (Phi) is 7.19. The minimum absolute atomic E-state index is 0.120. The fourth-order valence-electron chi connectivity index (χ4n) is 5.20. The standard InChI is InChI=1S/C29H27ClFN9O/c1-3-23(41)39-11-13-40(14-12-39)28-18-15-20(30)25(24-17(2)5-6-21-19(24)16-35-38-21)26(31)27(18)36-29(37-28)34-10-7-22-32-8-4-9-33-22/h3-6,8-9,15-16H,1,7,10-14H2,2H3,(H,35,38)(H,34,36,37). The van der Waals surface area contributed by atoms with Gasteiger partial charge in [-0.1, -0.05) is 24.2 Å². The van der Waals surface area contributed by atoms with E-state index in [0.717, 1.165) is 16.5 Å². The molecule has 41 heavy (non-hydrogen) atoms. The van der Waals surface area contributed by atoms with Gasteiger partial charge in [0.15, 0.2) is 5.82 Å². The van der Waals surface area contributed by atoms with Crippen LogP contribution in [0.25, 0.3) is 32.9 Å². The van der Waals surface area contributed by atoms with Crippen molar-refractivity contribution in [2.45, 2.75) is 13.3 Å². The van der Waals surface area contributed by atoms with Crippen LogP contribution in [0, 0.1) is 12.7 Å². The molecule has 0 unspecified atom stereocenters. The maximum Gasteiger partial charge on any atom is 0.246 e. The lowest BCUT2D eigenvalue weighted by Crippen LogP contribution is -2.48. The lowest BCUT2D eigenvalue weighted by atomic mass is 9.95. The first-order valence-electron chi connectivity index (χ1n) is 13.2. The molecule has 0 saturated carbocycles. The quantitative estimate of drug-likeness (QED) is 0.273. The van der Waals surface area contributed by atoms with Gasteiger partial charge in [-0.15, -0.1) is 0 Å². The summed E-state index contributed by atoms with van der Waals surface area (Å²) in [7, 11) is 0. The zero-order chi connectivity index (χ0) is 28.5. The molecule has 4 heterocycles. The monoisotopic (exact) mass is 571 g/mol. The molecule has 1 fully saturated rings. The van der Waals surface area contributed by atoms with Crippen molar-refractivity contribution in [1.82, 2.24) is 35.0 Å². The topological polar surface area (TPSA) is 116 Å². The predicted molar refractivity (Wildman–Crippen MR) is 158 cm³/mol. The summed E-state index contributed by atoms with van der Waals surface area (Å²) in [5, 5.41) is 11.8. The van der Waals surface area contributed by atoms with Crippen LogP contribution in [-0.2, 0) is 11.2 Å². The van der Waals surface area contributed by atoms with E-state index in [1.807, 2.05) is 24.0 Å². The molecule has 0 atom stereocenters. The molecule has 12 heteroatoms. The number of fused-ring (bicyclic) bond motifs is 2. The summed E-state index contributed by atoms with van der Waals surface area (Å²) in [4.78, 5) is 33.8. The zero-order valence-electron chi connectivity index (χ0n) is 22.4. The number of piperazine rings is 1. The third-order valence-corrected chi connectivity index (χ3v) is 7.56. The summed E-state index contributed by atoms with van der Waals surface area (Å²) in [5.74, 6) is 0.837. The summed E-state index contributed by atoms with van der Waals surface area (Å²) in [5.41, 5.74) is 2.71. The molecule has 0 aliphatic carbocycles. The molecule has 0 bridgehead atoms. The number of carbonyl (C=O) groups excluding carboxylic acids is 1. The van der Waals surface area contributed by atoms with Crippen LogP contribution >= 0.6 is 11.6 Å². The lowest BCUT2D eigenvalue weighted by molar-refractivity contribution is -0.126. The van der Waals surface area contributed by atoms with Gasteiger partial charge < -0.3 is 15.1 Å². The van der Waals surface area contributed by atoms with Crippen molar-refractivity contribution in [2.24, 2.45) is 0 Å². The molecule has 0 radical (unpaired) electrons. The number of aromatic amines is 1. The maximum atomic E-state index is 16.6. The van der Waals surface area contributed by atoms with E-state index in [2.05, 4.69) is 37.0 Å². The van der Waals surface area contributed by atoms with Gasteiger partial charge in [0.25, 0.3) is 0 Å². The van der Waals surface area contributed by atoms with E-state index in [-0.39, 0.29) is 28.0 Å². The van der Waals surface area contributed by atoms with Crippen LogP contribution in [0.1, 0.15) is 11.4 Å². The number of benzene rings is 2. The normalized spacial score (nSPS) is 13.6. The summed E-state index contributed by atoms with van der Waals surface area (Å²) < 4.78 is 16.6. The van der Waals surface area contributed by atoms with Crippen molar-refractivity contribution in [3.63, 3.8) is 0 Å². The van der Waals surface area contributed by atoms with Crippen molar-refractivity contribution in [3.05, 3.63) is 77.7 Å². The SMILES string of the molecule is C=CC(=O)N1CCN(c2nc(NCCc3ncccn3)nc3c(F)c(-c4c(C)ccc5[nH]ncc45)c(Cl)cc23)CC1. The molecule has 1 aliphatic heterocycles. The Hall–Kier alpha value is -4.64. The highest BCUT2D eigenvalue weighted by molar-refractivity contribution is 6.35. The Balaban J connectivity index is 1.45. The van der Waals surface area contributed by atoms with Gasteiger partial charge in [-0.25, -0.2) is 19.3 Å². The van der Waals surface area contributed by atoms with Gasteiger partial charge in [-0.2, -0.15) is 10.1 Å². The van der Waals surface area contributed by atoms with Crippen LogP contribution in [-0.4, -0.2) is 73.7 Å². The summed E-state index contributed by atoms with van der Waals surface area (Å²) >= 11 is 6.83. The van der Waals surface area contributed by atoms with Crippen molar-refractivity contribution >= 4 is 51.1 Å². The number of carbonyl (C=O) groups is 1. The highest BCUT2D eigenvalue weighted by Gasteiger charge is 2.26. The number of hydrogen-bond donors (Lipinski definition) is 2. The van der Waals surface area contributed by atoms with Gasteiger partial charge in [0.2, 0.25) is 11.9 Å². The average molecular weight is 572 g/mol. The number of rotatable bonds is 7. The van der Waals surface area contributed by atoms with Gasteiger partial charge in [-0.3, -0.25) is 9.89 Å². The second kappa shape index (κ2) is 11.1. The van der Waals surface area contributed by atoms with Gasteiger partial charge in [0.1, 0.15) is 17.2 Å². The fourth-order valence-corrected chi connectivity index (χ4v) is 5.49. The number of aromatic nitrogens is 6. The molecule has 2 aromatic carbocycles. The van der Waals surface area contributed by atoms with Crippen LogP contribution < -0.4 is 10.2 Å². The van der Waals surface area contributed by atoms with Gasteiger partial charge >= 0.3 is 0 Å². The Labute approximate surface area is 240 Å².